The van der Waals surface area contributed by atoms with E-state index in [4.69, 9.17) is 5.73 Å². The van der Waals surface area contributed by atoms with Gasteiger partial charge in [0.25, 0.3) is 0 Å². The van der Waals surface area contributed by atoms with Crippen LogP contribution >= 0.6 is 0 Å². The second kappa shape index (κ2) is 4.41. The molecular weight excluding hydrogens is 224 g/mol. The quantitative estimate of drug-likeness (QED) is 0.657. The Bertz CT molecular complexity index is 658. The molecule has 0 aliphatic heterocycles. The number of rotatable bonds is 3. The van der Waals surface area contributed by atoms with Gasteiger partial charge in [-0.15, -0.1) is 0 Å². The van der Waals surface area contributed by atoms with E-state index in [0.717, 1.165) is 29.1 Å². The van der Waals surface area contributed by atoms with Crippen molar-refractivity contribution in [3.05, 3.63) is 54.2 Å². The number of nitrogens with two attached hydrogens (primary N) is 1. The van der Waals surface area contributed by atoms with Gasteiger partial charge in [-0.1, -0.05) is 30.3 Å². The highest BCUT2D eigenvalue weighted by Crippen LogP contribution is 2.21. The van der Waals surface area contributed by atoms with Crippen molar-refractivity contribution in [2.75, 3.05) is 11.1 Å². The van der Waals surface area contributed by atoms with Crippen molar-refractivity contribution < 1.29 is 0 Å². The summed E-state index contributed by atoms with van der Waals surface area (Å²) in [4.78, 5) is 7.53. The fourth-order valence-electron chi connectivity index (χ4n) is 1.94. The summed E-state index contributed by atoms with van der Waals surface area (Å²) in [5.74, 6) is 0.784. The Balaban J connectivity index is 1.82. The third-order valence-corrected chi connectivity index (χ3v) is 2.88. The molecule has 3 aromatic rings. The number of fused-ring (bicyclic) bond motifs is 1. The van der Waals surface area contributed by atoms with Crippen LogP contribution in [0.25, 0.3) is 11.0 Å². The Morgan fingerprint density at radius 1 is 1.17 bits per heavy atom. The normalized spacial score (nSPS) is 10.7. The molecule has 0 saturated heterocycles. The summed E-state index contributed by atoms with van der Waals surface area (Å²) in [6, 6.07) is 14.0. The number of aromatic nitrogens is 2. The monoisotopic (exact) mass is 238 g/mol. The highest BCUT2D eigenvalue weighted by Gasteiger charge is 2.03. The average molecular weight is 238 g/mol. The molecule has 3 rings (SSSR count). The van der Waals surface area contributed by atoms with Gasteiger partial charge in [0.1, 0.15) is 11.5 Å². The van der Waals surface area contributed by atoms with Crippen molar-refractivity contribution in [1.29, 1.82) is 0 Å². The summed E-state index contributed by atoms with van der Waals surface area (Å²) in [6.07, 6.45) is 1.84. The van der Waals surface area contributed by atoms with Gasteiger partial charge >= 0.3 is 0 Å². The number of nitrogens with zero attached hydrogens (tertiary/aromatic N) is 1. The van der Waals surface area contributed by atoms with Gasteiger partial charge in [0.05, 0.1) is 0 Å². The highest BCUT2D eigenvalue weighted by atomic mass is 15.0. The Labute approximate surface area is 105 Å². The molecule has 0 saturated carbocycles. The van der Waals surface area contributed by atoms with Crippen LogP contribution in [0.4, 0.5) is 11.5 Å². The first kappa shape index (κ1) is 10.7. The lowest BCUT2D eigenvalue weighted by Gasteiger charge is -2.07. The molecule has 18 heavy (non-hydrogen) atoms. The maximum atomic E-state index is 5.97. The van der Waals surface area contributed by atoms with Crippen molar-refractivity contribution >= 4 is 22.5 Å². The van der Waals surface area contributed by atoms with Crippen molar-refractivity contribution in [1.82, 2.24) is 9.97 Å². The minimum atomic E-state index is 0.733. The largest absolute Gasteiger partial charge is 0.398 e. The Kier molecular flexibility index (Phi) is 2.61. The molecule has 0 aliphatic rings. The van der Waals surface area contributed by atoms with Gasteiger partial charge < -0.3 is 16.0 Å². The molecule has 0 amide bonds. The second-order valence-corrected chi connectivity index (χ2v) is 4.18. The van der Waals surface area contributed by atoms with Crippen LogP contribution in [0.3, 0.4) is 0 Å². The third kappa shape index (κ3) is 2.00. The molecule has 2 heterocycles. The van der Waals surface area contributed by atoms with Crippen LogP contribution in [0.2, 0.25) is 0 Å². The molecule has 90 valence electrons. The maximum Gasteiger partial charge on any atom is 0.141 e. The Morgan fingerprint density at radius 3 is 2.83 bits per heavy atom. The second-order valence-electron chi connectivity index (χ2n) is 4.18. The number of hydrogen-bond acceptors (Lipinski definition) is 3. The standard InChI is InChI=1S/C14H14N4/c15-12-8-13(18-14-11(12)6-7-16-14)17-9-10-4-2-1-3-5-10/h1-8H,9H2,(H4,15,16,17,18). The first-order valence-corrected chi connectivity index (χ1v) is 5.84. The van der Waals surface area contributed by atoms with Gasteiger partial charge in [0.15, 0.2) is 0 Å². The number of nitrogen functional groups attached to an aromatic ring is 1. The first-order valence-electron chi connectivity index (χ1n) is 5.84. The van der Waals surface area contributed by atoms with E-state index in [1.165, 1.54) is 5.56 Å². The predicted octanol–water partition coefficient (Wildman–Crippen LogP) is 2.76. The van der Waals surface area contributed by atoms with E-state index in [2.05, 4.69) is 27.4 Å². The van der Waals surface area contributed by atoms with E-state index in [1.54, 1.807) is 0 Å². The number of pyridine rings is 1. The predicted molar refractivity (Wildman–Crippen MR) is 74.3 cm³/mol. The molecule has 4 heteroatoms. The van der Waals surface area contributed by atoms with Gasteiger partial charge in [0.2, 0.25) is 0 Å². The summed E-state index contributed by atoms with van der Waals surface area (Å²) < 4.78 is 0. The van der Waals surface area contributed by atoms with Gasteiger partial charge in [-0.3, -0.25) is 0 Å². The minimum absolute atomic E-state index is 0.733. The maximum absolute atomic E-state index is 5.97. The van der Waals surface area contributed by atoms with Crippen molar-refractivity contribution in [2.45, 2.75) is 6.54 Å². The smallest absolute Gasteiger partial charge is 0.141 e. The minimum Gasteiger partial charge on any atom is -0.398 e. The van der Waals surface area contributed by atoms with Crippen LogP contribution in [0, 0.1) is 0 Å². The van der Waals surface area contributed by atoms with Gasteiger partial charge in [-0.25, -0.2) is 4.98 Å². The van der Waals surface area contributed by atoms with Crippen molar-refractivity contribution in [3.63, 3.8) is 0 Å². The van der Waals surface area contributed by atoms with Gasteiger partial charge in [-0.2, -0.15) is 0 Å². The van der Waals surface area contributed by atoms with Crippen LogP contribution in [0.5, 0.6) is 0 Å². The van der Waals surface area contributed by atoms with E-state index in [9.17, 15) is 0 Å². The lowest BCUT2D eigenvalue weighted by atomic mass is 10.2. The molecule has 0 spiro atoms. The number of anilines is 2. The number of hydrogen-bond donors (Lipinski definition) is 3. The molecule has 4 N–H and O–H groups in total. The van der Waals surface area contributed by atoms with E-state index in [1.807, 2.05) is 36.5 Å². The number of nitrogens with one attached hydrogen (secondary N) is 2. The van der Waals surface area contributed by atoms with E-state index >= 15 is 0 Å². The summed E-state index contributed by atoms with van der Waals surface area (Å²) >= 11 is 0. The number of aromatic amines is 1. The topological polar surface area (TPSA) is 66.7 Å². The fourth-order valence-corrected chi connectivity index (χ4v) is 1.94. The molecule has 1 aromatic carbocycles. The average Bonchev–Trinajstić information content (AvgIpc) is 2.86. The first-order chi connectivity index (χ1) is 8.83. The molecule has 0 bridgehead atoms. The third-order valence-electron chi connectivity index (χ3n) is 2.88. The molecule has 0 atom stereocenters. The van der Waals surface area contributed by atoms with Crippen molar-refractivity contribution in [2.24, 2.45) is 0 Å². The zero-order valence-electron chi connectivity index (χ0n) is 9.85. The van der Waals surface area contributed by atoms with E-state index < -0.39 is 0 Å². The van der Waals surface area contributed by atoms with E-state index in [0.29, 0.717) is 0 Å². The van der Waals surface area contributed by atoms with Crippen molar-refractivity contribution in [3.8, 4) is 0 Å². The van der Waals surface area contributed by atoms with Crippen LogP contribution < -0.4 is 11.1 Å². The number of H-pyrrole nitrogens is 1. The van der Waals surface area contributed by atoms with Crippen LogP contribution in [0.15, 0.2) is 48.7 Å². The zero-order chi connectivity index (χ0) is 12.4. The molecule has 0 aliphatic carbocycles. The highest BCUT2D eigenvalue weighted by molar-refractivity contribution is 5.89. The van der Waals surface area contributed by atoms with E-state index in [-0.39, 0.29) is 0 Å². The number of benzene rings is 1. The van der Waals surface area contributed by atoms with Crippen LogP contribution in [-0.2, 0) is 6.54 Å². The summed E-state index contributed by atoms with van der Waals surface area (Å²) in [5, 5.41) is 4.23. The van der Waals surface area contributed by atoms with Gasteiger partial charge in [-0.05, 0) is 11.6 Å². The Morgan fingerprint density at radius 2 is 2.00 bits per heavy atom. The molecule has 0 fully saturated rings. The summed E-state index contributed by atoms with van der Waals surface area (Å²) in [7, 11) is 0. The Hall–Kier alpha value is -2.49. The zero-order valence-corrected chi connectivity index (χ0v) is 9.85. The fraction of sp³-hybridized carbons (Fsp3) is 0.0714. The SMILES string of the molecule is Nc1cc(NCc2ccccc2)nc2[nH]ccc12. The summed E-state index contributed by atoms with van der Waals surface area (Å²) in [5.41, 5.74) is 8.73. The lowest BCUT2D eigenvalue weighted by Crippen LogP contribution is -2.02. The molecule has 0 unspecified atom stereocenters. The van der Waals surface area contributed by atoms with Crippen LogP contribution in [0.1, 0.15) is 5.56 Å². The van der Waals surface area contributed by atoms with Crippen LogP contribution in [-0.4, -0.2) is 9.97 Å². The molecule has 0 radical (unpaired) electrons. The lowest BCUT2D eigenvalue weighted by molar-refractivity contribution is 1.12. The molecule has 2 aromatic heterocycles. The summed E-state index contributed by atoms with van der Waals surface area (Å²) in [6.45, 7) is 0.736. The van der Waals surface area contributed by atoms with Gasteiger partial charge in [0, 0.05) is 29.9 Å². The molecule has 4 nitrogen and oxygen atoms in total. The molecular formula is C14H14N4.